The third-order valence-corrected chi connectivity index (χ3v) is 5.82. The van der Waals surface area contributed by atoms with Crippen LogP contribution < -0.4 is 5.32 Å². The van der Waals surface area contributed by atoms with E-state index in [4.69, 9.17) is 4.74 Å². The number of ether oxygens (including phenoxy) is 1. The molecular weight excluding hydrogens is 286 g/mol. The number of carbonyl (C=O) groups is 2. The summed E-state index contributed by atoms with van der Waals surface area (Å²) >= 11 is 1.42. The quantitative estimate of drug-likeness (QED) is 0.883. The third-order valence-electron chi connectivity index (χ3n) is 4.63. The maximum absolute atomic E-state index is 12.1. The summed E-state index contributed by atoms with van der Waals surface area (Å²) in [7, 11) is 1.38. The van der Waals surface area contributed by atoms with Crippen molar-refractivity contribution in [1.82, 2.24) is 5.32 Å². The summed E-state index contributed by atoms with van der Waals surface area (Å²) in [5, 5.41) is 4.02. The van der Waals surface area contributed by atoms with Crippen LogP contribution in [0.4, 0.5) is 0 Å². The second-order valence-corrected chi connectivity index (χ2v) is 6.89. The molecule has 4 rings (SSSR count). The number of rotatable bonds is 4. The van der Waals surface area contributed by atoms with E-state index in [1.54, 1.807) is 0 Å². The molecule has 0 bridgehead atoms. The molecule has 2 fully saturated rings. The molecule has 2 aliphatic carbocycles. The van der Waals surface area contributed by atoms with Gasteiger partial charge in [0.15, 0.2) is 0 Å². The molecule has 2 saturated carbocycles. The summed E-state index contributed by atoms with van der Waals surface area (Å²) in [6.07, 6.45) is 2.07. The Morgan fingerprint density at radius 1 is 1.38 bits per heavy atom. The lowest BCUT2D eigenvalue weighted by molar-refractivity contribution is -0.124. The van der Waals surface area contributed by atoms with Crippen LogP contribution >= 0.6 is 11.3 Å². The highest BCUT2D eigenvalue weighted by molar-refractivity contribution is 7.21. The van der Waals surface area contributed by atoms with Crippen molar-refractivity contribution < 1.29 is 14.3 Å². The van der Waals surface area contributed by atoms with Crippen LogP contribution in [0.25, 0.3) is 10.1 Å². The average molecular weight is 301 g/mol. The molecular formula is C16H15NO3S. The Labute approximate surface area is 126 Å². The fourth-order valence-corrected chi connectivity index (χ4v) is 4.09. The topological polar surface area (TPSA) is 55.4 Å². The van der Waals surface area contributed by atoms with Crippen LogP contribution in [0.5, 0.6) is 0 Å². The fourth-order valence-electron chi connectivity index (χ4n) is 2.95. The summed E-state index contributed by atoms with van der Waals surface area (Å²) < 4.78 is 5.90. The molecule has 0 unspecified atom stereocenters. The van der Waals surface area contributed by atoms with Gasteiger partial charge in [-0.3, -0.25) is 4.79 Å². The van der Waals surface area contributed by atoms with E-state index >= 15 is 0 Å². The standard InChI is InChI=1S/C16H15NO3S/c1-20-14(18)13-11(10-4-2-3-5-12(10)21-13)8-17-15(19)16-6-9(16)7-16/h2-5,9H,6-8H2,1H3,(H,17,19). The minimum absolute atomic E-state index is 0.0444. The smallest absolute Gasteiger partial charge is 0.348 e. The van der Waals surface area contributed by atoms with Gasteiger partial charge in [-0.25, -0.2) is 4.79 Å². The number of benzene rings is 1. The summed E-state index contributed by atoms with van der Waals surface area (Å²) in [4.78, 5) is 24.7. The number of nitrogens with one attached hydrogen (secondary N) is 1. The predicted octanol–water partition coefficient (Wildman–Crippen LogP) is 2.71. The largest absolute Gasteiger partial charge is 0.465 e. The maximum Gasteiger partial charge on any atom is 0.348 e. The van der Waals surface area contributed by atoms with Crippen molar-refractivity contribution in [2.24, 2.45) is 11.3 Å². The van der Waals surface area contributed by atoms with E-state index < -0.39 is 0 Å². The highest BCUT2D eigenvalue weighted by Gasteiger charge is 2.74. The Morgan fingerprint density at radius 3 is 2.76 bits per heavy atom. The molecule has 4 nitrogen and oxygen atoms in total. The first-order valence-corrected chi connectivity index (χ1v) is 7.84. The first-order chi connectivity index (χ1) is 10.2. The number of hydrogen-bond acceptors (Lipinski definition) is 4. The van der Waals surface area contributed by atoms with Gasteiger partial charge < -0.3 is 10.1 Å². The molecule has 0 atom stereocenters. The number of thiophene rings is 1. The van der Waals surface area contributed by atoms with Gasteiger partial charge >= 0.3 is 5.97 Å². The van der Waals surface area contributed by atoms with E-state index in [2.05, 4.69) is 5.32 Å². The zero-order valence-electron chi connectivity index (χ0n) is 11.6. The number of hydrogen-bond donors (Lipinski definition) is 1. The monoisotopic (exact) mass is 301 g/mol. The Hall–Kier alpha value is -1.88. The molecule has 1 N–H and O–H groups in total. The number of methoxy groups -OCH3 is 1. The van der Waals surface area contributed by atoms with Crippen LogP contribution in [0.15, 0.2) is 24.3 Å². The van der Waals surface area contributed by atoms with Crippen LogP contribution in [0.1, 0.15) is 28.1 Å². The van der Waals surface area contributed by atoms with Gasteiger partial charge in [-0.05, 0) is 30.2 Å². The van der Waals surface area contributed by atoms with Crippen LogP contribution in [-0.4, -0.2) is 19.0 Å². The minimum atomic E-state index is -0.339. The van der Waals surface area contributed by atoms with Crippen LogP contribution in [-0.2, 0) is 16.1 Å². The second kappa shape index (κ2) is 4.31. The molecule has 0 radical (unpaired) electrons. The number of carbonyl (C=O) groups excluding carboxylic acids is 2. The Kier molecular flexibility index (Phi) is 2.63. The molecule has 1 aromatic carbocycles. The lowest BCUT2D eigenvalue weighted by Crippen LogP contribution is -2.27. The van der Waals surface area contributed by atoms with Gasteiger partial charge in [0.25, 0.3) is 0 Å². The van der Waals surface area contributed by atoms with E-state index in [0.29, 0.717) is 17.3 Å². The highest BCUT2D eigenvalue weighted by Crippen LogP contribution is 2.75. The van der Waals surface area contributed by atoms with Gasteiger partial charge in [-0.2, -0.15) is 0 Å². The lowest BCUT2D eigenvalue weighted by Gasteiger charge is -2.08. The predicted molar refractivity (Wildman–Crippen MR) is 80.2 cm³/mol. The van der Waals surface area contributed by atoms with Crippen molar-refractivity contribution in [2.75, 3.05) is 7.11 Å². The minimum Gasteiger partial charge on any atom is -0.465 e. The van der Waals surface area contributed by atoms with Crippen molar-refractivity contribution in [1.29, 1.82) is 0 Å². The molecule has 108 valence electrons. The molecule has 5 heteroatoms. The Morgan fingerprint density at radius 2 is 2.10 bits per heavy atom. The first kappa shape index (κ1) is 12.8. The van der Waals surface area contributed by atoms with Gasteiger partial charge in [0, 0.05) is 16.8 Å². The van der Waals surface area contributed by atoms with Crippen molar-refractivity contribution in [3.05, 3.63) is 34.7 Å². The van der Waals surface area contributed by atoms with Crippen LogP contribution in [0, 0.1) is 11.3 Å². The SMILES string of the molecule is COC(=O)c1sc2ccccc2c1CNC(=O)C12CC1C2. The molecule has 0 aliphatic heterocycles. The normalized spacial score (nSPS) is 25.3. The van der Waals surface area contributed by atoms with Gasteiger partial charge in [0.05, 0.1) is 12.5 Å². The summed E-state index contributed by atoms with van der Waals surface area (Å²) in [5.74, 6) is 0.421. The molecule has 21 heavy (non-hydrogen) atoms. The molecule has 2 aliphatic rings. The first-order valence-electron chi connectivity index (χ1n) is 7.03. The zero-order chi connectivity index (χ0) is 14.6. The zero-order valence-corrected chi connectivity index (χ0v) is 12.5. The number of amides is 1. The van der Waals surface area contributed by atoms with E-state index in [0.717, 1.165) is 28.5 Å². The summed E-state index contributed by atoms with van der Waals surface area (Å²) in [6.45, 7) is 0.391. The fraction of sp³-hybridized carbons (Fsp3) is 0.375. The van der Waals surface area contributed by atoms with Gasteiger partial charge in [-0.15, -0.1) is 11.3 Å². The van der Waals surface area contributed by atoms with Crippen LogP contribution in [0.2, 0.25) is 0 Å². The van der Waals surface area contributed by atoms with Crippen molar-refractivity contribution in [3.8, 4) is 0 Å². The van der Waals surface area contributed by atoms with Crippen LogP contribution in [0.3, 0.4) is 0 Å². The van der Waals surface area contributed by atoms with E-state index in [-0.39, 0.29) is 17.3 Å². The van der Waals surface area contributed by atoms with Gasteiger partial charge in [0.1, 0.15) is 4.88 Å². The molecule has 2 aromatic rings. The molecule has 0 saturated heterocycles. The highest BCUT2D eigenvalue weighted by atomic mass is 32.1. The van der Waals surface area contributed by atoms with Crippen molar-refractivity contribution in [2.45, 2.75) is 19.4 Å². The van der Waals surface area contributed by atoms with Gasteiger partial charge in [-0.1, -0.05) is 18.2 Å². The van der Waals surface area contributed by atoms with Crippen molar-refractivity contribution >= 4 is 33.3 Å². The molecule has 1 amide bonds. The second-order valence-electron chi connectivity index (χ2n) is 5.84. The van der Waals surface area contributed by atoms with E-state index in [9.17, 15) is 9.59 Å². The Balaban J connectivity index is 1.64. The third kappa shape index (κ3) is 1.87. The van der Waals surface area contributed by atoms with E-state index in [1.165, 1.54) is 18.4 Å². The summed E-state index contributed by atoms with van der Waals surface area (Å²) in [6, 6.07) is 7.85. The maximum atomic E-state index is 12.1. The molecule has 0 spiro atoms. The number of fused-ring (bicyclic) bond motifs is 2. The molecule has 1 heterocycles. The average Bonchev–Trinajstić information content (AvgIpc) is 3.33. The Bertz CT molecular complexity index is 758. The number of esters is 1. The van der Waals surface area contributed by atoms with Crippen molar-refractivity contribution in [3.63, 3.8) is 0 Å². The van der Waals surface area contributed by atoms with Gasteiger partial charge in [0.2, 0.25) is 5.91 Å². The lowest BCUT2D eigenvalue weighted by atomic mass is 10.1. The van der Waals surface area contributed by atoms with E-state index in [1.807, 2.05) is 24.3 Å². The summed E-state index contributed by atoms with van der Waals surface area (Å²) in [5.41, 5.74) is 0.821. The molecule has 1 aromatic heterocycles.